The maximum atomic E-state index is 10.3. The molecule has 1 unspecified atom stereocenters. The van der Waals surface area contributed by atoms with Gasteiger partial charge in [0.2, 0.25) is 0 Å². The second-order valence-corrected chi connectivity index (χ2v) is 11.2. The van der Waals surface area contributed by atoms with Gasteiger partial charge in [0.25, 0.3) is 0 Å². The van der Waals surface area contributed by atoms with Gasteiger partial charge in [-0.25, -0.2) is 0 Å². The highest BCUT2D eigenvalue weighted by molar-refractivity contribution is 5.82. The lowest BCUT2D eigenvalue weighted by atomic mass is 9.81. The number of ether oxygens (including phenoxy) is 2. The highest BCUT2D eigenvalue weighted by atomic mass is 16.5. The van der Waals surface area contributed by atoms with Crippen LogP contribution in [0.2, 0.25) is 0 Å². The molecule has 0 aromatic heterocycles. The second kappa shape index (κ2) is 11.4. The first-order valence-electron chi connectivity index (χ1n) is 13.4. The molecule has 3 aliphatic rings. The molecule has 1 aliphatic carbocycles. The van der Waals surface area contributed by atoms with Crippen LogP contribution in [0.3, 0.4) is 0 Å². The lowest BCUT2D eigenvalue weighted by Gasteiger charge is -2.37. The average Bonchev–Trinajstić information content (AvgIpc) is 3.19. The summed E-state index contributed by atoms with van der Waals surface area (Å²) in [5, 5.41) is 79.4. The van der Waals surface area contributed by atoms with Crippen molar-refractivity contribution in [1.29, 1.82) is 0 Å². The third-order valence-corrected chi connectivity index (χ3v) is 8.18. The van der Waals surface area contributed by atoms with E-state index in [-0.39, 0.29) is 0 Å². The first-order valence-corrected chi connectivity index (χ1v) is 13.4. The smallest absolute Gasteiger partial charge is 0.147 e. The van der Waals surface area contributed by atoms with Gasteiger partial charge in [0, 0.05) is 16.5 Å². The lowest BCUT2D eigenvalue weighted by Crippen LogP contribution is -2.58. The molecule has 41 heavy (non-hydrogen) atoms. The molecule has 0 saturated carbocycles. The predicted molar refractivity (Wildman–Crippen MR) is 145 cm³/mol. The minimum Gasteiger partial charge on any atom is -0.394 e. The monoisotopic (exact) mass is 566 g/mol. The molecule has 2 heterocycles. The number of hydrogen-bond donors (Lipinski definition) is 8. The fourth-order valence-electron chi connectivity index (χ4n) is 5.64. The highest BCUT2D eigenvalue weighted by Gasteiger charge is 2.44. The topological polar surface area (TPSA) is 180 Å². The Hall–Kier alpha value is -2.84. The third-order valence-electron chi connectivity index (χ3n) is 8.18. The Morgan fingerprint density at radius 1 is 0.610 bits per heavy atom. The van der Waals surface area contributed by atoms with Gasteiger partial charge in [-0.1, -0.05) is 49.7 Å². The van der Waals surface area contributed by atoms with Crippen molar-refractivity contribution in [3.05, 3.63) is 58.7 Å². The lowest BCUT2D eigenvalue weighted by molar-refractivity contribution is -0.214. The van der Waals surface area contributed by atoms with Crippen LogP contribution in [0.25, 0.3) is 11.1 Å². The van der Waals surface area contributed by atoms with Crippen LogP contribution < -0.4 is 0 Å². The van der Waals surface area contributed by atoms with E-state index in [4.69, 9.17) is 9.47 Å². The highest BCUT2D eigenvalue weighted by Crippen LogP contribution is 2.49. The minimum absolute atomic E-state index is 0.424. The summed E-state index contributed by atoms with van der Waals surface area (Å²) in [6, 6.07) is 11.5. The molecule has 8 N–H and O–H groups in total. The molecule has 0 bridgehead atoms. The maximum Gasteiger partial charge on any atom is 0.147 e. The summed E-state index contributed by atoms with van der Waals surface area (Å²) in [5.74, 6) is 11.6. The van der Waals surface area contributed by atoms with Crippen LogP contribution in [-0.4, -0.2) is 115 Å². The van der Waals surface area contributed by atoms with Gasteiger partial charge in [-0.3, -0.25) is 0 Å². The van der Waals surface area contributed by atoms with Gasteiger partial charge in [-0.05, 0) is 46.5 Å². The van der Waals surface area contributed by atoms with Crippen LogP contribution in [0.5, 0.6) is 0 Å². The summed E-state index contributed by atoms with van der Waals surface area (Å²) in [7, 11) is 0. The van der Waals surface area contributed by atoms with Crippen LogP contribution in [0.4, 0.5) is 0 Å². The van der Waals surface area contributed by atoms with Crippen molar-refractivity contribution in [3.8, 4) is 34.8 Å². The SMILES string of the molecule is CC1(C)c2cc(C#C[C@H]3O[C@H](CO)[C@@H](O)[C@H](O)[C@@H]3O)ccc2-c2ccc(C#C[C@H]3O[C@H](CO)[C@@H](O)C(O)[C@@H]3O)cc21. The number of aliphatic hydroxyl groups is 8. The molecule has 2 aromatic carbocycles. The van der Waals surface area contributed by atoms with Crippen molar-refractivity contribution in [3.63, 3.8) is 0 Å². The molecule has 2 fully saturated rings. The molecule has 10 nitrogen and oxygen atoms in total. The van der Waals surface area contributed by atoms with E-state index in [1.807, 2.05) is 36.4 Å². The number of fused-ring (bicyclic) bond motifs is 3. The largest absolute Gasteiger partial charge is 0.394 e. The molecule has 0 amide bonds. The number of aliphatic hydroxyl groups excluding tert-OH is 8. The van der Waals surface area contributed by atoms with Crippen molar-refractivity contribution in [2.24, 2.45) is 0 Å². The summed E-state index contributed by atoms with van der Waals surface area (Å²) >= 11 is 0. The molecular formula is C31H34O10. The Morgan fingerprint density at radius 2 is 1.00 bits per heavy atom. The van der Waals surface area contributed by atoms with E-state index < -0.39 is 79.7 Å². The van der Waals surface area contributed by atoms with Gasteiger partial charge in [-0.15, -0.1) is 0 Å². The molecule has 5 rings (SSSR count). The summed E-state index contributed by atoms with van der Waals surface area (Å²) < 4.78 is 11.0. The fourth-order valence-corrected chi connectivity index (χ4v) is 5.64. The van der Waals surface area contributed by atoms with E-state index >= 15 is 0 Å². The van der Waals surface area contributed by atoms with Crippen molar-refractivity contribution in [2.45, 2.75) is 80.3 Å². The zero-order chi connectivity index (χ0) is 29.6. The van der Waals surface area contributed by atoms with Crippen LogP contribution >= 0.6 is 0 Å². The van der Waals surface area contributed by atoms with Gasteiger partial charge in [0.15, 0.2) is 0 Å². The molecule has 2 saturated heterocycles. The summed E-state index contributed by atoms with van der Waals surface area (Å²) in [5.41, 5.74) is 4.98. The minimum atomic E-state index is -1.49. The molecule has 218 valence electrons. The van der Waals surface area contributed by atoms with E-state index in [1.54, 1.807) is 0 Å². The van der Waals surface area contributed by atoms with Crippen LogP contribution in [0.15, 0.2) is 36.4 Å². The molecule has 2 aliphatic heterocycles. The van der Waals surface area contributed by atoms with Crippen LogP contribution in [0, 0.1) is 23.7 Å². The normalized spacial score (nSPS) is 35.4. The van der Waals surface area contributed by atoms with Gasteiger partial charge in [0.1, 0.15) is 61.0 Å². The zero-order valence-corrected chi connectivity index (χ0v) is 22.5. The van der Waals surface area contributed by atoms with Crippen molar-refractivity contribution in [2.75, 3.05) is 13.2 Å². The van der Waals surface area contributed by atoms with Gasteiger partial charge < -0.3 is 50.3 Å². The van der Waals surface area contributed by atoms with Crippen LogP contribution in [-0.2, 0) is 14.9 Å². The van der Waals surface area contributed by atoms with Gasteiger partial charge in [0.05, 0.1) is 13.2 Å². The van der Waals surface area contributed by atoms with Crippen molar-refractivity contribution >= 4 is 0 Å². The molecule has 10 heteroatoms. The zero-order valence-electron chi connectivity index (χ0n) is 22.5. The van der Waals surface area contributed by atoms with Crippen molar-refractivity contribution in [1.82, 2.24) is 0 Å². The summed E-state index contributed by atoms with van der Waals surface area (Å²) in [4.78, 5) is 0. The van der Waals surface area contributed by atoms with E-state index in [1.165, 1.54) is 0 Å². The molecular weight excluding hydrogens is 532 g/mol. The Labute approximate surface area is 237 Å². The molecule has 0 spiro atoms. The molecule has 10 atom stereocenters. The Morgan fingerprint density at radius 3 is 1.37 bits per heavy atom. The second-order valence-electron chi connectivity index (χ2n) is 11.2. The standard InChI is InChI=1S/C31H34O10/c1-31(2)19-11-15(5-9-21-25(34)29(38)27(36)23(13-32)40-21)3-7-17(19)18-8-4-16(12-20(18)31)6-10-22-26(35)30(39)28(37)24(14-33)41-22/h3-4,7-8,11-12,21-30,32-39H,13-14H2,1-2H3/t21-,22-,23-,24-,25-,26-,27-,28-,29-,30?/m1/s1. The number of hydrogen-bond acceptors (Lipinski definition) is 10. The maximum absolute atomic E-state index is 10.3. The Balaban J connectivity index is 1.39. The van der Waals surface area contributed by atoms with E-state index in [0.717, 1.165) is 22.3 Å². The predicted octanol–water partition coefficient (Wildman–Crippen LogP) is -1.62. The molecule has 2 aromatic rings. The summed E-state index contributed by atoms with van der Waals surface area (Å²) in [6.45, 7) is 3.09. The first-order chi connectivity index (χ1) is 19.5. The quantitative estimate of drug-likeness (QED) is 0.197. The average molecular weight is 567 g/mol. The number of benzene rings is 2. The Bertz CT molecular complexity index is 1310. The molecule has 0 radical (unpaired) electrons. The van der Waals surface area contributed by atoms with E-state index in [2.05, 4.69) is 37.5 Å². The van der Waals surface area contributed by atoms with Crippen LogP contribution in [0.1, 0.15) is 36.1 Å². The van der Waals surface area contributed by atoms with E-state index in [0.29, 0.717) is 11.1 Å². The third kappa shape index (κ3) is 5.29. The Kier molecular flexibility index (Phi) is 8.27. The van der Waals surface area contributed by atoms with E-state index in [9.17, 15) is 40.9 Å². The summed E-state index contributed by atoms with van der Waals surface area (Å²) in [6.07, 6.45) is -13.0. The fraction of sp³-hybridized carbons (Fsp3) is 0.484. The number of rotatable bonds is 2. The van der Waals surface area contributed by atoms with Gasteiger partial charge in [-0.2, -0.15) is 0 Å². The van der Waals surface area contributed by atoms with Gasteiger partial charge >= 0.3 is 0 Å². The first kappa shape index (κ1) is 29.6. The van der Waals surface area contributed by atoms with Crippen molar-refractivity contribution < 1.29 is 50.3 Å².